The molecule has 0 aromatic heterocycles. The molecule has 8 nitrogen and oxygen atoms in total. The monoisotopic (exact) mass is 478 g/mol. The number of hydrogen-bond acceptors (Lipinski definition) is 7. The predicted molar refractivity (Wildman–Crippen MR) is 130 cm³/mol. The number of morpholine rings is 1. The number of amides is 1. The topological polar surface area (TPSA) is 96.4 Å². The standard InChI is InChI=1S/C27H30N2O6/c1-18-4-6-20(7-5-18)24(30)22-23(19-8-10-21(11-9-19)27(33)34-2)29(26(32)25(22)31)13-3-12-28-14-16-35-17-15-28/h4-11,23,30H,3,12-17H2,1-2H3/t23-/m0/s1. The number of nitrogens with zero attached hydrogens (tertiary/aromatic N) is 2. The van der Waals surface area contributed by atoms with Crippen LogP contribution in [0, 0.1) is 6.92 Å². The van der Waals surface area contributed by atoms with Crippen molar-refractivity contribution < 1.29 is 29.0 Å². The van der Waals surface area contributed by atoms with E-state index in [4.69, 9.17) is 9.47 Å². The van der Waals surface area contributed by atoms with Crippen molar-refractivity contribution in [2.24, 2.45) is 0 Å². The number of hydrogen-bond donors (Lipinski definition) is 1. The first-order valence-corrected chi connectivity index (χ1v) is 11.7. The molecular formula is C27H30N2O6. The van der Waals surface area contributed by atoms with Crippen LogP contribution in [-0.4, -0.2) is 79.1 Å². The summed E-state index contributed by atoms with van der Waals surface area (Å²) in [5.74, 6) is -2.03. The third kappa shape index (κ3) is 5.28. The van der Waals surface area contributed by atoms with E-state index >= 15 is 0 Å². The maximum Gasteiger partial charge on any atom is 0.337 e. The second-order valence-corrected chi connectivity index (χ2v) is 8.78. The molecule has 35 heavy (non-hydrogen) atoms. The van der Waals surface area contributed by atoms with Crippen molar-refractivity contribution in [3.8, 4) is 0 Å². The number of carbonyl (C=O) groups is 3. The molecule has 0 bridgehead atoms. The van der Waals surface area contributed by atoms with Gasteiger partial charge in [0.25, 0.3) is 11.7 Å². The Balaban J connectivity index is 1.68. The van der Waals surface area contributed by atoms with Gasteiger partial charge in [0.05, 0.1) is 37.5 Å². The molecule has 0 unspecified atom stereocenters. The number of ketones is 1. The second-order valence-electron chi connectivity index (χ2n) is 8.78. The third-order valence-electron chi connectivity index (χ3n) is 6.49. The Hall–Kier alpha value is -3.49. The summed E-state index contributed by atoms with van der Waals surface area (Å²) in [6.45, 7) is 6.12. The molecule has 0 spiro atoms. The van der Waals surface area contributed by atoms with Crippen LogP contribution in [0.1, 0.15) is 39.5 Å². The summed E-state index contributed by atoms with van der Waals surface area (Å²) in [5, 5.41) is 11.1. The van der Waals surface area contributed by atoms with Crippen LogP contribution >= 0.6 is 0 Å². The normalized spacial score (nSPS) is 20.3. The SMILES string of the molecule is COC(=O)c1ccc([C@H]2C(=C(O)c3ccc(C)cc3)C(=O)C(=O)N2CCCN2CCOCC2)cc1. The van der Waals surface area contributed by atoms with Crippen LogP contribution in [0.15, 0.2) is 54.1 Å². The Morgan fingerprint density at radius 1 is 1.00 bits per heavy atom. The van der Waals surface area contributed by atoms with Gasteiger partial charge in [-0.15, -0.1) is 0 Å². The number of methoxy groups -OCH3 is 1. The number of rotatable bonds is 7. The molecular weight excluding hydrogens is 448 g/mol. The zero-order chi connectivity index (χ0) is 24.9. The first kappa shape index (κ1) is 24.6. The molecule has 2 aliphatic heterocycles. The van der Waals surface area contributed by atoms with Gasteiger partial charge in [-0.2, -0.15) is 0 Å². The molecule has 184 valence electrons. The number of aliphatic hydroxyl groups is 1. The quantitative estimate of drug-likeness (QED) is 0.283. The van der Waals surface area contributed by atoms with E-state index in [1.807, 2.05) is 19.1 Å². The van der Waals surface area contributed by atoms with Crippen LogP contribution in [-0.2, 0) is 19.1 Å². The van der Waals surface area contributed by atoms with Crippen molar-refractivity contribution in [3.05, 3.63) is 76.4 Å². The lowest BCUT2D eigenvalue weighted by molar-refractivity contribution is -0.140. The first-order chi connectivity index (χ1) is 16.9. The summed E-state index contributed by atoms with van der Waals surface area (Å²) in [7, 11) is 1.31. The minimum absolute atomic E-state index is 0.0519. The minimum atomic E-state index is -0.757. The average Bonchev–Trinajstić information content (AvgIpc) is 3.14. The smallest absolute Gasteiger partial charge is 0.337 e. The van der Waals surface area contributed by atoms with Crippen molar-refractivity contribution >= 4 is 23.4 Å². The van der Waals surface area contributed by atoms with E-state index in [2.05, 4.69) is 4.90 Å². The fourth-order valence-corrected chi connectivity index (χ4v) is 4.53. The van der Waals surface area contributed by atoms with E-state index in [-0.39, 0.29) is 11.3 Å². The molecule has 2 saturated heterocycles. The van der Waals surface area contributed by atoms with Gasteiger partial charge in [0.1, 0.15) is 5.76 Å². The summed E-state index contributed by atoms with van der Waals surface area (Å²) in [5.41, 5.74) is 2.53. The Bertz CT molecular complexity index is 1120. The van der Waals surface area contributed by atoms with E-state index in [1.165, 1.54) is 12.0 Å². The van der Waals surface area contributed by atoms with Crippen LogP contribution in [0.4, 0.5) is 0 Å². The number of benzene rings is 2. The first-order valence-electron chi connectivity index (χ1n) is 11.7. The highest BCUT2D eigenvalue weighted by molar-refractivity contribution is 6.46. The molecule has 1 N–H and O–H groups in total. The Morgan fingerprint density at radius 2 is 1.63 bits per heavy atom. The van der Waals surface area contributed by atoms with Gasteiger partial charge in [-0.25, -0.2) is 4.79 Å². The molecule has 4 rings (SSSR count). The minimum Gasteiger partial charge on any atom is -0.507 e. The van der Waals surface area contributed by atoms with Crippen LogP contribution in [0.2, 0.25) is 0 Å². The number of esters is 1. The zero-order valence-corrected chi connectivity index (χ0v) is 20.0. The van der Waals surface area contributed by atoms with E-state index in [0.29, 0.717) is 42.9 Å². The van der Waals surface area contributed by atoms with E-state index in [0.717, 1.165) is 25.2 Å². The summed E-state index contributed by atoms with van der Waals surface area (Å²) in [6.07, 6.45) is 0.675. The molecule has 0 radical (unpaired) electrons. The molecule has 2 aromatic rings. The number of likely N-dealkylation sites (tertiary alicyclic amines) is 1. The molecule has 1 atom stereocenters. The lowest BCUT2D eigenvalue weighted by Gasteiger charge is -2.29. The average molecular weight is 479 g/mol. The van der Waals surface area contributed by atoms with Gasteiger partial charge in [0.2, 0.25) is 0 Å². The Kier molecular flexibility index (Phi) is 7.63. The van der Waals surface area contributed by atoms with Crippen molar-refractivity contribution in [2.45, 2.75) is 19.4 Å². The highest BCUT2D eigenvalue weighted by Crippen LogP contribution is 2.39. The van der Waals surface area contributed by atoms with Crippen LogP contribution in [0.25, 0.3) is 5.76 Å². The van der Waals surface area contributed by atoms with Crippen LogP contribution in [0.3, 0.4) is 0 Å². The van der Waals surface area contributed by atoms with Gasteiger partial charge in [0.15, 0.2) is 0 Å². The van der Waals surface area contributed by atoms with Crippen molar-refractivity contribution in [1.82, 2.24) is 9.80 Å². The van der Waals surface area contributed by atoms with Crippen LogP contribution in [0.5, 0.6) is 0 Å². The molecule has 0 aliphatic carbocycles. The maximum atomic E-state index is 13.2. The summed E-state index contributed by atoms with van der Waals surface area (Å²) in [4.78, 5) is 42.0. The molecule has 2 aromatic carbocycles. The fourth-order valence-electron chi connectivity index (χ4n) is 4.53. The van der Waals surface area contributed by atoms with Crippen molar-refractivity contribution in [1.29, 1.82) is 0 Å². The highest BCUT2D eigenvalue weighted by atomic mass is 16.5. The van der Waals surface area contributed by atoms with Gasteiger partial charge < -0.3 is 19.5 Å². The second kappa shape index (κ2) is 10.8. The van der Waals surface area contributed by atoms with Crippen molar-refractivity contribution in [2.75, 3.05) is 46.5 Å². The predicted octanol–water partition coefficient (Wildman–Crippen LogP) is 2.93. The molecule has 0 saturated carbocycles. The number of ether oxygens (including phenoxy) is 2. The highest BCUT2D eigenvalue weighted by Gasteiger charge is 2.45. The Morgan fingerprint density at radius 3 is 2.26 bits per heavy atom. The maximum absolute atomic E-state index is 13.2. The molecule has 2 fully saturated rings. The van der Waals surface area contributed by atoms with Gasteiger partial charge in [-0.1, -0.05) is 42.0 Å². The van der Waals surface area contributed by atoms with Gasteiger partial charge in [0, 0.05) is 31.7 Å². The van der Waals surface area contributed by atoms with Gasteiger partial charge in [-0.3, -0.25) is 14.5 Å². The van der Waals surface area contributed by atoms with E-state index < -0.39 is 23.7 Å². The van der Waals surface area contributed by atoms with E-state index in [9.17, 15) is 19.5 Å². The van der Waals surface area contributed by atoms with Crippen molar-refractivity contribution in [3.63, 3.8) is 0 Å². The lowest BCUT2D eigenvalue weighted by Crippen LogP contribution is -2.39. The number of aryl methyl sites for hydroxylation is 1. The number of Topliss-reactive ketones (excluding diaryl/α,β-unsaturated/α-hetero) is 1. The molecule has 8 heteroatoms. The summed E-state index contributed by atoms with van der Waals surface area (Å²) >= 11 is 0. The Labute approximate surface area is 204 Å². The molecule has 2 aliphatic rings. The fraction of sp³-hybridized carbons (Fsp3) is 0.370. The molecule has 1 amide bonds. The number of carbonyl (C=O) groups excluding carboxylic acids is 3. The molecule has 2 heterocycles. The largest absolute Gasteiger partial charge is 0.507 e. The third-order valence-corrected chi connectivity index (χ3v) is 6.49. The van der Waals surface area contributed by atoms with Gasteiger partial charge >= 0.3 is 5.97 Å². The van der Waals surface area contributed by atoms with Gasteiger partial charge in [-0.05, 0) is 31.0 Å². The van der Waals surface area contributed by atoms with E-state index in [1.54, 1.807) is 36.4 Å². The number of aliphatic hydroxyl groups excluding tert-OH is 1. The lowest BCUT2D eigenvalue weighted by atomic mass is 9.94. The summed E-state index contributed by atoms with van der Waals surface area (Å²) in [6, 6.07) is 13.0. The van der Waals surface area contributed by atoms with Crippen LogP contribution < -0.4 is 0 Å². The summed E-state index contributed by atoms with van der Waals surface area (Å²) < 4.78 is 10.2. The zero-order valence-electron chi connectivity index (χ0n) is 20.0.